The van der Waals surface area contributed by atoms with Crippen LogP contribution in [0.4, 0.5) is 0 Å². The molecule has 0 bridgehead atoms. The van der Waals surface area contributed by atoms with E-state index in [4.69, 9.17) is 46.0 Å². The standard InChI is InChI=1S/Es.3NO3/c;3*2-1(3)4/q;3*-1. The first kappa shape index (κ1) is 22.6. The third kappa shape index (κ3) is 32.4. The Labute approximate surface area is 62.6 Å². The summed E-state index contributed by atoms with van der Waals surface area (Å²) in [5.41, 5.74) is 0. The van der Waals surface area contributed by atoms with Crippen LogP contribution in [0.3, 0.4) is 0 Å². The Morgan fingerprint density at radius 2 is 0.538 bits per heavy atom. The molecule has 0 aliphatic carbocycles. The Balaban J connectivity index is -0.0000000450. The van der Waals surface area contributed by atoms with Crippen molar-refractivity contribution >= 4 is 0 Å². The van der Waals surface area contributed by atoms with E-state index < -0.39 is 15.3 Å². The molecule has 1 radical (unpaired) electrons. The minimum Gasteiger partial charge on any atom is -0.356 e. The van der Waals surface area contributed by atoms with Gasteiger partial charge in [-0.3, -0.25) is 0 Å². The largest absolute Gasteiger partial charge is 0.356 e. The van der Waals surface area contributed by atoms with Gasteiger partial charge in [0.05, 0.1) is 15.3 Å². The van der Waals surface area contributed by atoms with Crippen molar-refractivity contribution in [1.82, 2.24) is 0 Å². The molecule has 0 aromatic heterocycles. The van der Waals surface area contributed by atoms with E-state index in [2.05, 4.69) is 0 Å². The second kappa shape index (κ2) is 15.8. The topological polar surface area (TPSA) is 199 Å². The molecule has 0 aromatic carbocycles. The fourth-order valence-corrected chi connectivity index (χ4v) is 0. The van der Waals surface area contributed by atoms with Crippen LogP contribution in [0, 0.1) is 46.0 Å². The molecule has 0 amide bonds. The van der Waals surface area contributed by atoms with Crippen molar-refractivity contribution in [3.63, 3.8) is 0 Å². The van der Waals surface area contributed by atoms with E-state index in [-0.39, 0.29) is 0 Å². The predicted molar refractivity (Wildman–Crippen MR) is 31.1 cm³/mol. The molecular formula is EsN3O9-3. The summed E-state index contributed by atoms with van der Waals surface area (Å²) in [6.07, 6.45) is 0. The fourth-order valence-electron chi connectivity index (χ4n) is 0. The maximum absolute atomic E-state index is 8.25. The van der Waals surface area contributed by atoms with Gasteiger partial charge in [0.15, 0.2) is 0 Å². The second-order valence-corrected chi connectivity index (χ2v) is 0.671. The zero-order chi connectivity index (χ0) is 10.7. The summed E-state index contributed by atoms with van der Waals surface area (Å²) in [6.45, 7) is 0. The van der Waals surface area contributed by atoms with Gasteiger partial charge < -0.3 is 46.0 Å². The first-order valence-corrected chi connectivity index (χ1v) is 1.64. The smallest absolute Gasteiger partial charge is 0.0689 e. The van der Waals surface area contributed by atoms with Crippen LogP contribution in [0.25, 0.3) is 0 Å². The van der Waals surface area contributed by atoms with E-state index in [0.29, 0.717) is 0 Å². The molecule has 0 aliphatic heterocycles. The summed E-state index contributed by atoms with van der Waals surface area (Å²) >= 11 is 0. The Kier molecular flexibility index (Phi) is 27.6. The molecule has 0 unspecified atom stereocenters. The Hall–Kier alpha value is -3.40. The molecule has 0 atom stereocenters. The van der Waals surface area contributed by atoms with Gasteiger partial charge in [-0.05, 0) is 0 Å². The molecule has 0 N–H and O–H groups in total. The van der Waals surface area contributed by atoms with Gasteiger partial charge in [-0.15, -0.1) is 0 Å². The average Bonchev–Trinajstić information content (AvgIpc) is 1.54. The third-order valence-electron chi connectivity index (χ3n) is 0. The van der Waals surface area contributed by atoms with E-state index in [0.717, 1.165) is 0 Å². The van der Waals surface area contributed by atoms with Crippen LogP contribution in [-0.4, -0.2) is 15.3 Å². The number of nitrogens with zero attached hydrogens (tertiary/aromatic N) is 3. The summed E-state index contributed by atoms with van der Waals surface area (Å²) in [4.78, 5) is 24.8. The summed E-state index contributed by atoms with van der Waals surface area (Å²) in [6, 6.07) is 0. The molecule has 12 nitrogen and oxygen atoms in total. The molecule has 13 heteroatoms. The normalized spacial score (nSPS) is 5.54. The molecule has 0 spiro atoms. The van der Waals surface area contributed by atoms with Gasteiger partial charge in [0, 0.05) is 0 Å². The van der Waals surface area contributed by atoms with Crippen molar-refractivity contribution < 1.29 is 15.3 Å². The molecule has 83 valence electrons. The van der Waals surface area contributed by atoms with Crippen molar-refractivity contribution in [2.45, 2.75) is 0 Å². The van der Waals surface area contributed by atoms with Gasteiger partial charge in [0.1, 0.15) is 0 Å². The second-order valence-electron chi connectivity index (χ2n) is 0.671. The zero-order valence-electron chi connectivity index (χ0n) is 5.32. The monoisotopic (exact) mass is 438 g/mol. The van der Waals surface area contributed by atoms with Crippen molar-refractivity contribution in [3.05, 3.63) is 46.0 Å². The first-order chi connectivity index (χ1) is 5.20. The first-order valence-electron chi connectivity index (χ1n) is 1.64. The minimum absolute atomic E-state index is 0. The number of hydrogen-bond acceptors (Lipinski definition) is 9. The van der Waals surface area contributed by atoms with Crippen LogP contribution < -0.4 is 0 Å². The van der Waals surface area contributed by atoms with Crippen molar-refractivity contribution in [3.8, 4) is 0 Å². The summed E-state index contributed by atoms with van der Waals surface area (Å²) in [7, 11) is 0. The predicted octanol–water partition coefficient (Wildman–Crippen LogP) is -0.717. The van der Waals surface area contributed by atoms with E-state index in [9.17, 15) is 0 Å². The van der Waals surface area contributed by atoms with E-state index in [1.165, 1.54) is 0 Å². The van der Waals surface area contributed by atoms with E-state index in [1.54, 1.807) is 0 Å². The molecule has 13 heavy (non-hydrogen) atoms. The number of hydrogen-bond donors (Lipinski definition) is 0. The van der Waals surface area contributed by atoms with Gasteiger partial charge in [-0.2, -0.15) is 0 Å². The maximum atomic E-state index is 8.25. The average molecular weight is 438 g/mol. The summed E-state index contributed by atoms with van der Waals surface area (Å²) in [5, 5.41) is 44.2. The Morgan fingerprint density at radius 3 is 0.538 bits per heavy atom. The minimum atomic E-state index is -1.75. The SMILES string of the molecule is O=[N+]([O-])[O-].O=[N+]([O-])[O-].O=[N+]([O-])[O-].[Es]. The molecule has 0 saturated carbocycles. The van der Waals surface area contributed by atoms with Gasteiger partial charge in [0.25, 0.3) is 0 Å². The van der Waals surface area contributed by atoms with Crippen LogP contribution in [0.1, 0.15) is 0 Å². The maximum Gasteiger partial charge on any atom is 0.0689 e. The van der Waals surface area contributed by atoms with Crippen LogP contribution in [0.15, 0.2) is 0 Å². The quantitative estimate of drug-likeness (QED) is 0.346. The number of rotatable bonds is 0. The third-order valence-corrected chi connectivity index (χ3v) is 0. The Bertz CT molecular complexity index is 112. The van der Waals surface area contributed by atoms with Crippen LogP contribution in [-0.2, 0) is 0 Å². The molecule has 0 heterocycles. The van der Waals surface area contributed by atoms with Crippen molar-refractivity contribution in [1.29, 1.82) is 0 Å². The van der Waals surface area contributed by atoms with Crippen molar-refractivity contribution in [2.24, 2.45) is 0 Å². The van der Waals surface area contributed by atoms with E-state index in [1.807, 2.05) is 0 Å². The molecule has 0 aliphatic rings. The molecular weight excluding hydrogens is 438 g/mol. The molecule has 0 fully saturated rings. The molecule has 0 rings (SSSR count). The van der Waals surface area contributed by atoms with Gasteiger partial charge in [-0.1, -0.05) is 0 Å². The van der Waals surface area contributed by atoms with E-state index >= 15 is 0 Å². The van der Waals surface area contributed by atoms with Crippen LogP contribution in [0.2, 0.25) is 0 Å². The van der Waals surface area contributed by atoms with Crippen LogP contribution >= 0.6 is 0 Å². The molecule has 0 saturated heterocycles. The zero-order valence-corrected chi connectivity index (χ0v) is 7.83. The van der Waals surface area contributed by atoms with Crippen LogP contribution in [0.5, 0.6) is 0 Å². The summed E-state index contributed by atoms with van der Waals surface area (Å²) < 4.78 is 0. The van der Waals surface area contributed by atoms with Gasteiger partial charge in [0.2, 0.25) is 0 Å². The van der Waals surface area contributed by atoms with Gasteiger partial charge in [-0.25, -0.2) is 0 Å². The molecule has 0 aromatic rings. The summed E-state index contributed by atoms with van der Waals surface area (Å²) in [5.74, 6) is 0. The van der Waals surface area contributed by atoms with Gasteiger partial charge >= 0.3 is 0 Å². The fraction of sp³-hybridized carbons (Fsp3) is 0. The Morgan fingerprint density at radius 1 is 0.538 bits per heavy atom. The van der Waals surface area contributed by atoms with Crippen molar-refractivity contribution in [2.75, 3.05) is 0 Å².